The first-order valence-corrected chi connectivity index (χ1v) is 23.1. The normalized spacial score (nSPS) is 21.1. The Morgan fingerprint density at radius 1 is 1.03 bits per heavy atom. The number of aliphatic hydroxyl groups is 3. The van der Waals surface area contributed by atoms with Crippen molar-refractivity contribution >= 4 is 54.8 Å². The summed E-state index contributed by atoms with van der Waals surface area (Å²) in [5.74, 6) is -1.23. The van der Waals surface area contributed by atoms with Crippen LogP contribution in [0.2, 0.25) is 0 Å². The lowest BCUT2D eigenvalue weighted by atomic mass is 9.74. The van der Waals surface area contributed by atoms with Gasteiger partial charge in [-0.15, -0.1) is 0 Å². The fourth-order valence-electron chi connectivity index (χ4n) is 8.55. The number of hydrogen-bond acceptors (Lipinski definition) is 14. The number of aliphatic imine (C=N–C) groups is 1. The van der Waals surface area contributed by atoms with Crippen LogP contribution in [0.25, 0.3) is 4.95 Å². The predicted octanol–water partition coefficient (Wildman–Crippen LogP) is 3.28. The number of unbranched alkanes of at least 4 members (excludes halogenated alkanes) is 4. The van der Waals surface area contributed by atoms with Gasteiger partial charge in [-0.25, -0.2) is 9.79 Å². The molecule has 5 atom stereocenters. The predicted molar refractivity (Wildman–Crippen MR) is 251 cm³/mol. The molecule has 20 nitrogen and oxygen atoms in total. The summed E-state index contributed by atoms with van der Waals surface area (Å²) in [7, 11) is 8.05. The molecule has 5 rings (SSSR count). The highest BCUT2D eigenvalue weighted by Gasteiger charge is 2.44. The number of rotatable bonds is 24. The van der Waals surface area contributed by atoms with Crippen molar-refractivity contribution in [3.63, 3.8) is 0 Å². The zero-order chi connectivity index (χ0) is 49.3. The van der Waals surface area contributed by atoms with Crippen LogP contribution < -0.4 is 26.1 Å². The van der Waals surface area contributed by atoms with Crippen LogP contribution in [0, 0.1) is 18.9 Å². The van der Waals surface area contributed by atoms with E-state index in [4.69, 9.17) is 33.4 Å². The number of benzene rings is 2. The van der Waals surface area contributed by atoms with Crippen LogP contribution in [0.4, 0.5) is 16.2 Å². The number of aliphatic hydroxyl groups excluding tert-OH is 3. The van der Waals surface area contributed by atoms with Crippen molar-refractivity contribution in [2.45, 2.75) is 128 Å². The first-order valence-electron chi connectivity index (χ1n) is 23.1. The Balaban J connectivity index is 1.06. The van der Waals surface area contributed by atoms with Gasteiger partial charge in [0.25, 0.3) is 5.96 Å². The maximum atomic E-state index is 13.4. The second-order valence-electron chi connectivity index (χ2n) is 17.9. The number of guanidine groups is 1. The van der Waals surface area contributed by atoms with Crippen LogP contribution in [0.1, 0.15) is 95.1 Å². The lowest BCUT2D eigenvalue weighted by Crippen LogP contribution is -2.57. The molecule has 68 heavy (non-hydrogen) atoms. The molecular weight excluding hydrogens is 879 g/mol. The standard InChI is InChI=1S/C47H65BN8O12/c1-31-23-32(24-34(42(31)68-43-41(63)40(62)35(57)27-66-43)51-25-36(58)46(2,48)56-38(60)18-19-39(56)61)26-67-45(64)52-30-65-29-47(20-12-13-21-47)28-55(4)37(59)17-11-6-5-7-14-22-50-44(54-49-3)53-33-15-9-8-10-16-33/h8-10,15-16,23-24,35,40-41,43,51,57,62-63H,5-7,11-14,17-22,25-30H2,1-2,4H3,(H,52,64)(H2,50,53,54)/t35?,40-,41-,43?,46?/m0/s1. The van der Waals surface area contributed by atoms with E-state index in [1.807, 2.05) is 37.4 Å². The summed E-state index contributed by atoms with van der Waals surface area (Å²) in [4.78, 5) is 74.4. The van der Waals surface area contributed by atoms with Crippen LogP contribution in [-0.4, -0.2) is 145 Å². The Morgan fingerprint density at radius 2 is 1.72 bits per heavy atom. The molecule has 2 aromatic carbocycles. The van der Waals surface area contributed by atoms with Crippen LogP contribution in [0.5, 0.6) is 5.75 Å². The molecule has 2 radical (unpaired) electrons. The minimum Gasteiger partial charge on any atom is -0.460 e. The van der Waals surface area contributed by atoms with E-state index in [9.17, 15) is 39.3 Å². The maximum Gasteiger partial charge on any atom is 0.409 e. The summed E-state index contributed by atoms with van der Waals surface area (Å²) in [6.07, 6.45) is 1.97. The highest BCUT2D eigenvalue weighted by atomic mass is 16.7. The number of nitrogens with zero attached hydrogens (tertiary/aromatic N) is 4. The Bertz CT molecular complexity index is 2100. The van der Waals surface area contributed by atoms with Crippen molar-refractivity contribution < 1.29 is 58.2 Å². The summed E-state index contributed by atoms with van der Waals surface area (Å²) in [5, 5.41) is 39.4. The number of imide groups is 1. The van der Waals surface area contributed by atoms with E-state index in [0.29, 0.717) is 43.2 Å². The molecular formula is C47H65BN8O12. The minimum absolute atomic E-state index is 0.0567. The lowest BCUT2D eigenvalue weighted by Gasteiger charge is -2.36. The molecule has 0 bridgehead atoms. The molecule has 7 N–H and O–H groups in total. The minimum atomic E-state index is -1.95. The number of aryl methyl sites for hydroxylation is 1. The van der Waals surface area contributed by atoms with E-state index in [1.54, 1.807) is 17.9 Å². The molecule has 3 unspecified atom stereocenters. The van der Waals surface area contributed by atoms with Crippen LogP contribution in [0.3, 0.4) is 0 Å². The fourth-order valence-corrected chi connectivity index (χ4v) is 8.55. The molecule has 0 aromatic heterocycles. The van der Waals surface area contributed by atoms with Gasteiger partial charge < -0.3 is 49.8 Å². The van der Waals surface area contributed by atoms with E-state index in [-0.39, 0.29) is 55.5 Å². The number of carbonyl (C=O) groups excluding carboxylic acids is 5. The number of Topliss-reactive ketones (excluding diaryl/α,β-unsaturated/α-hetero) is 1. The Kier molecular flexibility index (Phi) is 20.0. The van der Waals surface area contributed by atoms with E-state index >= 15 is 0 Å². The third-order valence-corrected chi connectivity index (χ3v) is 12.3. The van der Waals surface area contributed by atoms with Crippen molar-refractivity contribution in [2.24, 2.45) is 10.4 Å². The molecule has 3 fully saturated rings. The van der Waals surface area contributed by atoms with E-state index in [2.05, 4.69) is 31.3 Å². The SMILES string of the molecule is [B]C(C)(C(=O)CNc1cc(COC(=O)NCOCC2(CN(C)C(=O)CCCCCCCN=C(N[N+]#[C-])Nc3ccccc3)CCCC2)cc(C)c1OC1OCC(O)[C@H](O)[C@@H]1O)N1C(=O)CCC1=O. The third kappa shape index (κ3) is 15.1. The highest BCUT2D eigenvalue weighted by molar-refractivity contribution is 6.32. The molecule has 4 amide bonds. The first-order chi connectivity index (χ1) is 32.5. The number of ether oxygens (including phenoxy) is 4. The monoisotopic (exact) mass is 944 g/mol. The number of hydrogen-bond donors (Lipinski definition) is 7. The van der Waals surface area contributed by atoms with Crippen LogP contribution in [-0.2, 0) is 40.0 Å². The number of likely N-dealkylation sites (tertiary alicyclic amines) is 1. The molecule has 1 aliphatic carbocycles. The van der Waals surface area contributed by atoms with Crippen molar-refractivity contribution in [1.82, 2.24) is 20.5 Å². The van der Waals surface area contributed by atoms with Gasteiger partial charge in [0.1, 0.15) is 45.2 Å². The lowest BCUT2D eigenvalue weighted by molar-refractivity contribution is -0.241. The molecule has 3 aliphatic rings. The summed E-state index contributed by atoms with van der Waals surface area (Å²) < 4.78 is 22.8. The molecule has 0 spiro atoms. The van der Waals surface area contributed by atoms with Crippen molar-refractivity contribution in [1.29, 1.82) is 0 Å². The van der Waals surface area contributed by atoms with E-state index in [1.165, 1.54) is 13.0 Å². The van der Waals surface area contributed by atoms with Crippen molar-refractivity contribution in [3.8, 4) is 5.75 Å². The Hall–Kier alpha value is -5.79. The van der Waals surface area contributed by atoms with Crippen molar-refractivity contribution in [2.75, 3.05) is 57.3 Å². The van der Waals surface area contributed by atoms with Gasteiger partial charge in [0.15, 0.2) is 5.78 Å². The van der Waals surface area contributed by atoms with Gasteiger partial charge in [-0.2, -0.15) is 11.5 Å². The number of ketones is 1. The molecule has 2 heterocycles. The molecule has 368 valence electrons. The topological polar surface area (TPSA) is 254 Å². The van der Waals surface area contributed by atoms with E-state index < -0.39 is 60.3 Å². The smallest absolute Gasteiger partial charge is 0.409 e. The number of nitrogens with one attached hydrogen (secondary N) is 4. The van der Waals surface area contributed by atoms with E-state index in [0.717, 1.165) is 68.4 Å². The number of alkyl carbamates (subject to hydrolysis) is 1. The highest BCUT2D eigenvalue weighted by Crippen LogP contribution is 2.39. The van der Waals surface area contributed by atoms with Gasteiger partial charge in [-0.1, -0.05) is 55.7 Å². The average molecular weight is 945 g/mol. The van der Waals surface area contributed by atoms with Gasteiger partial charge in [0, 0.05) is 50.5 Å². The fraction of sp³-hybridized carbons (Fsp3) is 0.596. The number of carbonyl (C=O) groups is 5. The third-order valence-electron chi connectivity index (χ3n) is 12.3. The summed E-state index contributed by atoms with van der Waals surface area (Å²) in [6.45, 7) is 10.3. The second kappa shape index (κ2) is 25.5. The summed E-state index contributed by atoms with van der Waals surface area (Å²) in [6, 6.07) is 12.7. The van der Waals surface area contributed by atoms with Crippen LogP contribution >= 0.6 is 0 Å². The first kappa shape index (κ1) is 53.2. The van der Waals surface area contributed by atoms with Gasteiger partial charge in [-0.3, -0.25) is 29.4 Å². The largest absolute Gasteiger partial charge is 0.460 e. The average Bonchev–Trinajstić information content (AvgIpc) is 3.93. The van der Waals surface area contributed by atoms with Gasteiger partial charge >= 0.3 is 6.09 Å². The van der Waals surface area contributed by atoms with Gasteiger partial charge in [0.05, 0.1) is 30.9 Å². The molecule has 21 heteroatoms. The second-order valence-corrected chi connectivity index (χ2v) is 17.9. The molecule has 1 saturated carbocycles. The maximum absolute atomic E-state index is 13.4. The summed E-state index contributed by atoms with van der Waals surface area (Å²) >= 11 is 0. The van der Waals surface area contributed by atoms with Gasteiger partial charge in [-0.05, 0) is 74.9 Å². The van der Waals surface area contributed by atoms with Gasteiger partial charge in [0.2, 0.25) is 24.0 Å². The quantitative estimate of drug-likeness (QED) is 0.0117. The Morgan fingerprint density at radius 3 is 2.43 bits per heavy atom. The molecule has 2 aliphatic heterocycles. The number of amides is 4. The molecule has 2 aromatic rings. The number of para-hydroxylation sites is 1. The van der Waals surface area contributed by atoms with Crippen molar-refractivity contribution in [3.05, 3.63) is 65.1 Å². The Labute approximate surface area is 398 Å². The zero-order valence-electron chi connectivity index (χ0n) is 39.2. The number of anilines is 2. The van der Waals surface area contributed by atoms with Crippen LogP contribution in [0.15, 0.2) is 47.5 Å². The summed E-state index contributed by atoms with van der Waals surface area (Å²) in [5.41, 5.74) is 2.31. The molecule has 2 saturated heterocycles. The zero-order valence-corrected chi connectivity index (χ0v) is 39.2.